The molecule has 0 radical (unpaired) electrons. The van der Waals surface area contributed by atoms with Crippen LogP contribution in [0.1, 0.15) is 72.1 Å². The molecule has 292 valence electrons. The molecule has 55 heavy (non-hydrogen) atoms. The molecule has 2 aliphatic carbocycles. The maximum atomic E-state index is 14.8. The highest BCUT2D eigenvalue weighted by atomic mass is 32.2. The van der Waals surface area contributed by atoms with Gasteiger partial charge in [-0.25, -0.2) is 13.4 Å². The van der Waals surface area contributed by atoms with Crippen molar-refractivity contribution in [2.75, 3.05) is 19.6 Å². The van der Waals surface area contributed by atoms with Gasteiger partial charge in [0.25, 0.3) is 5.91 Å². The molecule has 13 heteroatoms. The molecule has 2 N–H and O–H groups in total. The second kappa shape index (κ2) is 15.0. The van der Waals surface area contributed by atoms with E-state index in [9.17, 15) is 27.6 Å². The average molecular weight is 770 g/mol. The number of nitrogens with one attached hydrogen (secondary N) is 2. The first-order valence-corrected chi connectivity index (χ1v) is 21.0. The quantitative estimate of drug-likeness (QED) is 0.245. The SMILES string of the molecule is C=C[C@@H]1C[C@]1(NC(=O)[C@@H]1C[C@@H](Oc2cc(-c3ccccc3)nc3ccccc23)CN1C(=O)[C@@H](CC(=O)N1CCCCC1)C(C)(C)C)C(=O)NS(=O)(=O)C1CC1. The van der Waals surface area contributed by atoms with Gasteiger partial charge in [0.1, 0.15) is 23.4 Å². The number of benzene rings is 2. The Balaban J connectivity index is 1.20. The van der Waals surface area contributed by atoms with Gasteiger partial charge < -0.3 is 19.9 Å². The monoisotopic (exact) mass is 769 g/mol. The zero-order valence-electron chi connectivity index (χ0n) is 31.8. The number of carbonyl (C=O) groups is 4. The van der Waals surface area contributed by atoms with Gasteiger partial charge in [0.15, 0.2) is 0 Å². The van der Waals surface area contributed by atoms with Crippen LogP contribution in [-0.4, -0.2) is 89.4 Å². The van der Waals surface area contributed by atoms with Gasteiger partial charge in [-0.3, -0.25) is 23.9 Å². The fourth-order valence-electron chi connectivity index (χ4n) is 7.98. The van der Waals surface area contributed by atoms with Gasteiger partial charge in [0.2, 0.25) is 27.7 Å². The Kier molecular flexibility index (Phi) is 10.5. The summed E-state index contributed by atoms with van der Waals surface area (Å²) in [5, 5.41) is 3.02. The molecule has 0 bridgehead atoms. The number of amides is 4. The van der Waals surface area contributed by atoms with Gasteiger partial charge in [0.05, 0.1) is 28.9 Å². The number of fused-ring (bicyclic) bond motifs is 1. The first kappa shape index (κ1) is 38.5. The molecule has 2 saturated heterocycles. The average Bonchev–Trinajstić information content (AvgIpc) is 4.10. The number of sulfonamides is 1. The van der Waals surface area contributed by atoms with E-state index in [4.69, 9.17) is 9.72 Å². The van der Waals surface area contributed by atoms with E-state index in [1.54, 1.807) is 0 Å². The molecule has 2 aromatic carbocycles. The lowest BCUT2D eigenvalue weighted by atomic mass is 9.77. The summed E-state index contributed by atoms with van der Waals surface area (Å²) in [4.78, 5) is 64.7. The van der Waals surface area contributed by atoms with Gasteiger partial charge >= 0.3 is 0 Å². The van der Waals surface area contributed by atoms with Gasteiger partial charge in [0, 0.05) is 48.9 Å². The van der Waals surface area contributed by atoms with Crippen LogP contribution in [0.2, 0.25) is 0 Å². The molecular weight excluding hydrogens is 719 g/mol. The van der Waals surface area contributed by atoms with E-state index < -0.39 is 62.0 Å². The van der Waals surface area contributed by atoms with Crippen LogP contribution >= 0.6 is 0 Å². The number of nitrogens with zero attached hydrogens (tertiary/aromatic N) is 3. The van der Waals surface area contributed by atoms with Crippen LogP contribution < -0.4 is 14.8 Å². The van der Waals surface area contributed by atoms with Crippen molar-refractivity contribution in [3.8, 4) is 17.0 Å². The van der Waals surface area contributed by atoms with Crippen molar-refractivity contribution in [1.29, 1.82) is 0 Å². The third kappa shape index (κ3) is 8.13. The number of likely N-dealkylation sites (tertiary alicyclic amines) is 2. The summed E-state index contributed by atoms with van der Waals surface area (Å²) in [7, 11) is -3.88. The molecule has 7 rings (SSSR count). The third-order valence-electron chi connectivity index (χ3n) is 11.6. The van der Waals surface area contributed by atoms with Crippen LogP contribution in [0.25, 0.3) is 22.2 Å². The summed E-state index contributed by atoms with van der Waals surface area (Å²) in [5.74, 6) is -2.53. The Morgan fingerprint density at radius 3 is 2.36 bits per heavy atom. The van der Waals surface area contributed by atoms with Crippen molar-refractivity contribution in [3.05, 3.63) is 73.3 Å². The van der Waals surface area contributed by atoms with E-state index in [2.05, 4.69) is 16.6 Å². The summed E-state index contributed by atoms with van der Waals surface area (Å²) in [6.07, 6.45) is 5.03. The number of rotatable bonds is 12. The molecule has 2 aliphatic heterocycles. The third-order valence-corrected chi connectivity index (χ3v) is 13.4. The van der Waals surface area contributed by atoms with Crippen molar-refractivity contribution in [2.24, 2.45) is 17.3 Å². The van der Waals surface area contributed by atoms with Crippen LogP contribution in [0.3, 0.4) is 0 Å². The minimum absolute atomic E-state index is 0.00195. The molecule has 4 amide bonds. The Labute approximate surface area is 323 Å². The fourth-order valence-corrected chi connectivity index (χ4v) is 9.35. The van der Waals surface area contributed by atoms with Crippen LogP contribution in [0.4, 0.5) is 0 Å². The molecule has 0 spiro atoms. The summed E-state index contributed by atoms with van der Waals surface area (Å²) >= 11 is 0. The van der Waals surface area contributed by atoms with Gasteiger partial charge in [-0.1, -0.05) is 69.3 Å². The van der Waals surface area contributed by atoms with E-state index in [1.165, 1.54) is 11.0 Å². The van der Waals surface area contributed by atoms with E-state index in [0.717, 1.165) is 35.7 Å². The van der Waals surface area contributed by atoms with Crippen LogP contribution in [0.15, 0.2) is 73.3 Å². The van der Waals surface area contributed by atoms with Crippen LogP contribution in [0, 0.1) is 17.3 Å². The minimum atomic E-state index is -3.88. The molecule has 4 fully saturated rings. The maximum absolute atomic E-state index is 14.8. The second-order valence-electron chi connectivity index (χ2n) is 16.6. The molecule has 3 heterocycles. The minimum Gasteiger partial charge on any atom is -0.488 e. The van der Waals surface area contributed by atoms with E-state index in [-0.39, 0.29) is 37.6 Å². The summed E-state index contributed by atoms with van der Waals surface area (Å²) < 4.78 is 34.5. The number of aromatic nitrogens is 1. The molecular formula is C42H51N5O7S. The smallest absolute Gasteiger partial charge is 0.259 e. The standard InChI is InChI=1S/C42H51N5O7S/c1-5-28-25-42(28,40(51)45-55(52,53)30-18-19-30)44-38(49)35-22-29(26-47(35)39(50)32(41(2,3)4)23-37(48)46-20-12-7-13-21-46)54-36-24-34(27-14-8-6-9-15-27)43-33-17-11-10-16-31(33)36/h5-6,8-11,14-17,24,28-30,32,35H,1,7,12-13,18-23,25-26H2,2-4H3,(H,44,49)(H,45,51)/t28-,29-,32-,35+,42-/m1/s1. The lowest BCUT2D eigenvalue weighted by Crippen LogP contribution is -2.57. The highest BCUT2D eigenvalue weighted by Gasteiger charge is 2.62. The number of carbonyl (C=O) groups excluding carboxylic acids is 4. The van der Waals surface area contributed by atoms with Gasteiger partial charge in [-0.15, -0.1) is 6.58 Å². The lowest BCUT2D eigenvalue weighted by molar-refractivity contribution is -0.148. The molecule has 1 aromatic heterocycles. The highest BCUT2D eigenvalue weighted by molar-refractivity contribution is 7.91. The van der Waals surface area contributed by atoms with Gasteiger partial charge in [-0.2, -0.15) is 0 Å². The highest BCUT2D eigenvalue weighted by Crippen LogP contribution is 2.46. The lowest BCUT2D eigenvalue weighted by Gasteiger charge is -2.36. The number of hydrogen-bond acceptors (Lipinski definition) is 8. The van der Waals surface area contributed by atoms with Crippen LogP contribution in [0.5, 0.6) is 5.75 Å². The zero-order chi connectivity index (χ0) is 39.1. The molecule has 12 nitrogen and oxygen atoms in total. The first-order chi connectivity index (χ1) is 26.2. The molecule has 2 saturated carbocycles. The Bertz CT molecular complexity index is 2090. The van der Waals surface area contributed by atoms with Crippen molar-refractivity contribution in [3.63, 3.8) is 0 Å². The summed E-state index contributed by atoms with van der Waals surface area (Å²) in [6, 6.07) is 18.1. The topological polar surface area (TPSA) is 155 Å². The molecule has 5 atom stereocenters. The largest absolute Gasteiger partial charge is 0.488 e. The Hall–Kier alpha value is -4.78. The zero-order valence-corrected chi connectivity index (χ0v) is 32.6. The Morgan fingerprint density at radius 2 is 1.71 bits per heavy atom. The maximum Gasteiger partial charge on any atom is 0.259 e. The normalized spacial score (nSPS) is 24.5. The van der Waals surface area contributed by atoms with Crippen molar-refractivity contribution >= 4 is 44.6 Å². The number of ether oxygens (including phenoxy) is 1. The first-order valence-electron chi connectivity index (χ1n) is 19.4. The summed E-state index contributed by atoms with van der Waals surface area (Å²) in [5.41, 5.74) is 0.183. The van der Waals surface area contributed by atoms with Crippen molar-refractivity contribution < 1.29 is 32.3 Å². The van der Waals surface area contributed by atoms with Crippen molar-refractivity contribution in [2.45, 2.75) is 95.1 Å². The van der Waals surface area contributed by atoms with Gasteiger partial charge in [-0.05, 0) is 56.1 Å². The van der Waals surface area contributed by atoms with E-state index in [1.807, 2.05) is 86.3 Å². The summed E-state index contributed by atoms with van der Waals surface area (Å²) in [6.45, 7) is 10.9. The van der Waals surface area contributed by atoms with E-state index in [0.29, 0.717) is 37.4 Å². The van der Waals surface area contributed by atoms with Crippen LogP contribution in [-0.2, 0) is 29.2 Å². The number of hydrogen-bond donors (Lipinski definition) is 2. The Morgan fingerprint density at radius 1 is 1.02 bits per heavy atom. The molecule has 0 unspecified atom stereocenters. The predicted molar refractivity (Wildman–Crippen MR) is 209 cm³/mol. The molecule has 3 aromatic rings. The van der Waals surface area contributed by atoms with Crippen molar-refractivity contribution in [1.82, 2.24) is 24.8 Å². The predicted octanol–water partition coefficient (Wildman–Crippen LogP) is 4.98. The number of piperidine rings is 1. The fraction of sp³-hybridized carbons (Fsp3) is 0.500. The molecule has 4 aliphatic rings. The van der Waals surface area contributed by atoms with E-state index >= 15 is 0 Å². The second-order valence-corrected chi connectivity index (χ2v) is 18.6. The number of pyridine rings is 1. The number of para-hydroxylation sites is 1.